The van der Waals surface area contributed by atoms with Crippen molar-refractivity contribution in [3.63, 3.8) is 0 Å². The van der Waals surface area contributed by atoms with Crippen LogP contribution in [-0.2, 0) is 17.6 Å². The molecule has 1 aromatic carbocycles. The molecule has 1 N–H and O–H groups in total. The van der Waals surface area contributed by atoms with Gasteiger partial charge in [0.25, 0.3) is 0 Å². The van der Waals surface area contributed by atoms with E-state index in [1.54, 1.807) is 0 Å². The highest BCUT2D eigenvalue weighted by Gasteiger charge is 2.45. The van der Waals surface area contributed by atoms with Crippen LogP contribution in [0.25, 0.3) is 0 Å². The molecule has 0 atom stereocenters. The summed E-state index contributed by atoms with van der Waals surface area (Å²) in [6.45, 7) is 0.571. The number of ketones is 1. The average molecular weight is 246 g/mol. The van der Waals surface area contributed by atoms with E-state index in [4.69, 9.17) is 4.74 Å². The minimum Gasteiger partial charge on any atom is -0.395 e. The Morgan fingerprint density at radius 3 is 2.56 bits per heavy atom. The van der Waals surface area contributed by atoms with Crippen LogP contribution in [0.15, 0.2) is 18.2 Å². The van der Waals surface area contributed by atoms with Gasteiger partial charge in [0.2, 0.25) is 0 Å². The van der Waals surface area contributed by atoms with Crippen molar-refractivity contribution < 1.29 is 14.6 Å². The predicted octanol–water partition coefficient (Wildman–Crippen LogP) is 1.76. The average Bonchev–Trinajstić information content (AvgIpc) is 2.37. The highest BCUT2D eigenvalue weighted by atomic mass is 16.5. The molecule has 96 valence electrons. The Kier molecular flexibility index (Phi) is 2.96. The summed E-state index contributed by atoms with van der Waals surface area (Å²) in [5, 5.41) is 9.41. The second-order valence-corrected chi connectivity index (χ2v) is 5.45. The van der Waals surface area contributed by atoms with Crippen molar-refractivity contribution in [1.82, 2.24) is 0 Å². The van der Waals surface area contributed by atoms with Crippen molar-refractivity contribution >= 4 is 5.78 Å². The minimum atomic E-state index is -0.678. The van der Waals surface area contributed by atoms with Crippen molar-refractivity contribution in [2.75, 3.05) is 19.8 Å². The molecule has 0 saturated carbocycles. The molecule has 1 aliphatic heterocycles. The molecule has 1 aliphatic carbocycles. The number of carbonyl (C=O) groups excluding carboxylic acids is 1. The molecule has 18 heavy (non-hydrogen) atoms. The van der Waals surface area contributed by atoms with Gasteiger partial charge >= 0.3 is 0 Å². The van der Waals surface area contributed by atoms with E-state index in [1.165, 1.54) is 24.0 Å². The van der Waals surface area contributed by atoms with E-state index in [1.807, 2.05) is 12.1 Å². The fraction of sp³-hybridized carbons (Fsp3) is 0.533. The second kappa shape index (κ2) is 4.48. The number of ether oxygens (including phenoxy) is 1. The van der Waals surface area contributed by atoms with Crippen molar-refractivity contribution in [3.8, 4) is 0 Å². The van der Waals surface area contributed by atoms with Crippen molar-refractivity contribution in [1.29, 1.82) is 0 Å². The van der Waals surface area contributed by atoms with E-state index in [9.17, 15) is 9.90 Å². The van der Waals surface area contributed by atoms with Gasteiger partial charge in [0.05, 0.1) is 19.8 Å². The van der Waals surface area contributed by atoms with E-state index in [2.05, 4.69) is 6.07 Å². The van der Waals surface area contributed by atoms with Gasteiger partial charge in [-0.15, -0.1) is 0 Å². The molecule has 0 aromatic heterocycles. The van der Waals surface area contributed by atoms with Gasteiger partial charge in [-0.05, 0) is 42.9 Å². The lowest BCUT2D eigenvalue weighted by Gasteiger charge is -2.38. The number of Topliss-reactive ketones (excluding diaryl/α,β-unsaturated/α-hetero) is 1. The molecule has 3 rings (SSSR count). The Morgan fingerprint density at radius 1 is 1.22 bits per heavy atom. The van der Waals surface area contributed by atoms with Gasteiger partial charge in [0.1, 0.15) is 5.41 Å². The minimum absolute atomic E-state index is 0.0321. The number of aliphatic hydroxyl groups is 1. The highest BCUT2D eigenvalue weighted by molar-refractivity contribution is 6.01. The number of hydrogen-bond acceptors (Lipinski definition) is 3. The molecule has 1 aromatic rings. The van der Waals surface area contributed by atoms with Gasteiger partial charge in [0, 0.05) is 5.56 Å². The van der Waals surface area contributed by atoms with E-state index in [0.29, 0.717) is 13.2 Å². The van der Waals surface area contributed by atoms with E-state index >= 15 is 0 Å². The molecule has 0 bridgehead atoms. The fourth-order valence-corrected chi connectivity index (χ4v) is 2.82. The molecule has 1 fully saturated rings. The maximum absolute atomic E-state index is 12.4. The Balaban J connectivity index is 1.90. The maximum Gasteiger partial charge on any atom is 0.175 e. The summed E-state index contributed by atoms with van der Waals surface area (Å²) < 4.78 is 5.10. The van der Waals surface area contributed by atoms with Crippen LogP contribution < -0.4 is 0 Å². The van der Waals surface area contributed by atoms with Crippen LogP contribution in [0.4, 0.5) is 0 Å². The maximum atomic E-state index is 12.4. The Labute approximate surface area is 107 Å². The third-order valence-electron chi connectivity index (χ3n) is 4.15. The van der Waals surface area contributed by atoms with Crippen LogP contribution >= 0.6 is 0 Å². The normalized spacial score (nSPS) is 20.9. The Morgan fingerprint density at radius 2 is 1.94 bits per heavy atom. The van der Waals surface area contributed by atoms with Gasteiger partial charge in [-0.2, -0.15) is 0 Å². The number of carbonyl (C=O) groups is 1. The molecule has 2 aliphatic rings. The zero-order valence-electron chi connectivity index (χ0n) is 10.4. The lowest BCUT2D eigenvalue weighted by Crippen LogP contribution is -2.51. The smallest absolute Gasteiger partial charge is 0.175 e. The Bertz CT molecular complexity index is 469. The molecular weight excluding hydrogens is 228 g/mol. The number of aryl methyl sites for hydroxylation is 2. The van der Waals surface area contributed by atoms with Crippen LogP contribution in [0.1, 0.15) is 34.3 Å². The zero-order valence-corrected chi connectivity index (χ0v) is 10.4. The third-order valence-corrected chi connectivity index (χ3v) is 4.15. The summed E-state index contributed by atoms with van der Waals surface area (Å²) >= 11 is 0. The third kappa shape index (κ3) is 1.78. The standard InChI is InChI=1S/C15H18O3/c16-8-15(9-18-10-15)14(17)13-6-5-11-3-1-2-4-12(11)7-13/h5-7,16H,1-4,8-10H2. The molecule has 0 radical (unpaired) electrons. The molecule has 3 heteroatoms. The van der Waals surface area contributed by atoms with Gasteiger partial charge in [0.15, 0.2) is 5.78 Å². The summed E-state index contributed by atoms with van der Waals surface area (Å²) in [5.41, 5.74) is 2.73. The number of hydrogen-bond donors (Lipinski definition) is 1. The first-order valence-electron chi connectivity index (χ1n) is 6.60. The SMILES string of the molecule is O=C(c1ccc2c(c1)CCCC2)C1(CO)COC1. The summed E-state index contributed by atoms with van der Waals surface area (Å²) in [6.07, 6.45) is 4.64. The number of fused-ring (bicyclic) bond motifs is 1. The van der Waals surface area contributed by atoms with Crippen molar-refractivity contribution in [2.45, 2.75) is 25.7 Å². The molecule has 0 unspecified atom stereocenters. The quantitative estimate of drug-likeness (QED) is 0.827. The molecule has 0 amide bonds. The zero-order chi connectivity index (χ0) is 12.6. The van der Waals surface area contributed by atoms with E-state index < -0.39 is 5.41 Å². The topological polar surface area (TPSA) is 46.5 Å². The first-order valence-corrected chi connectivity index (χ1v) is 6.60. The van der Waals surface area contributed by atoms with Gasteiger partial charge < -0.3 is 9.84 Å². The van der Waals surface area contributed by atoms with E-state index in [0.717, 1.165) is 18.4 Å². The van der Waals surface area contributed by atoms with Gasteiger partial charge in [-0.3, -0.25) is 4.79 Å². The van der Waals surface area contributed by atoms with Gasteiger partial charge in [-0.25, -0.2) is 0 Å². The molecule has 1 heterocycles. The number of aliphatic hydroxyl groups excluding tert-OH is 1. The first-order chi connectivity index (χ1) is 8.75. The van der Waals surface area contributed by atoms with Crippen LogP contribution in [0.3, 0.4) is 0 Å². The fourth-order valence-electron chi connectivity index (χ4n) is 2.82. The van der Waals surface area contributed by atoms with Gasteiger partial charge in [-0.1, -0.05) is 12.1 Å². The van der Waals surface area contributed by atoms with Crippen LogP contribution in [0.5, 0.6) is 0 Å². The van der Waals surface area contributed by atoms with Crippen molar-refractivity contribution in [2.24, 2.45) is 5.41 Å². The summed E-state index contributed by atoms with van der Waals surface area (Å²) in [5.74, 6) is 0.0321. The summed E-state index contributed by atoms with van der Waals surface area (Å²) in [7, 11) is 0. The van der Waals surface area contributed by atoms with Crippen LogP contribution in [0.2, 0.25) is 0 Å². The molecule has 3 nitrogen and oxygen atoms in total. The summed E-state index contributed by atoms with van der Waals surface area (Å²) in [6, 6.07) is 6.00. The van der Waals surface area contributed by atoms with Crippen LogP contribution in [0, 0.1) is 5.41 Å². The van der Waals surface area contributed by atoms with Crippen molar-refractivity contribution in [3.05, 3.63) is 34.9 Å². The molecular formula is C15H18O3. The largest absolute Gasteiger partial charge is 0.395 e. The van der Waals surface area contributed by atoms with Crippen LogP contribution in [-0.4, -0.2) is 30.7 Å². The lowest BCUT2D eigenvalue weighted by atomic mass is 9.78. The number of benzene rings is 1. The predicted molar refractivity (Wildman–Crippen MR) is 67.8 cm³/mol. The second-order valence-electron chi connectivity index (χ2n) is 5.45. The Hall–Kier alpha value is -1.19. The first kappa shape index (κ1) is 11.9. The monoisotopic (exact) mass is 246 g/mol. The molecule has 0 spiro atoms. The highest BCUT2D eigenvalue weighted by Crippen LogP contribution is 2.32. The lowest BCUT2D eigenvalue weighted by molar-refractivity contribution is -0.109. The molecule has 1 saturated heterocycles. The van der Waals surface area contributed by atoms with E-state index in [-0.39, 0.29) is 12.4 Å². The number of rotatable bonds is 3. The summed E-state index contributed by atoms with van der Waals surface area (Å²) in [4.78, 5) is 12.4.